The van der Waals surface area contributed by atoms with E-state index in [9.17, 15) is 9.59 Å². The van der Waals surface area contributed by atoms with Crippen LogP contribution in [0.1, 0.15) is 17.3 Å². The van der Waals surface area contributed by atoms with Crippen LogP contribution in [0.4, 0.5) is 0 Å². The normalized spacial score (nSPS) is 12.3. The molecule has 3 nitrogen and oxygen atoms in total. The third kappa shape index (κ3) is 3.66. The number of carbonyl (C=O) groups excluding carboxylic acids is 2. The molecule has 0 aliphatic heterocycles. The minimum absolute atomic E-state index is 0.0416. The quantitative estimate of drug-likeness (QED) is 0.385. The van der Waals surface area contributed by atoms with Crippen molar-refractivity contribution < 1.29 is 14.1 Å². The van der Waals surface area contributed by atoms with E-state index in [1.807, 2.05) is 109 Å². The van der Waals surface area contributed by atoms with E-state index in [1.165, 1.54) is 0 Å². The van der Waals surface area contributed by atoms with Crippen molar-refractivity contribution in [2.24, 2.45) is 0 Å². The maximum atomic E-state index is 13.7. The van der Waals surface area contributed by atoms with Gasteiger partial charge in [0.05, 0.1) is 0 Å². The van der Waals surface area contributed by atoms with E-state index >= 15 is 0 Å². The van der Waals surface area contributed by atoms with Gasteiger partial charge in [-0.25, -0.2) is 0 Å². The van der Waals surface area contributed by atoms with Gasteiger partial charge in [0.2, 0.25) is 0 Å². The Hall–Kier alpha value is -3.55. The first-order chi connectivity index (χ1) is 15.6. The number of hydrogen-bond acceptors (Lipinski definition) is 3. The summed E-state index contributed by atoms with van der Waals surface area (Å²) in [4.78, 5) is 26.6. The third-order valence-corrected chi connectivity index (χ3v) is 11.5. The molecule has 0 saturated heterocycles. The summed E-state index contributed by atoms with van der Waals surface area (Å²) in [6, 6.07) is 38.1. The predicted molar refractivity (Wildman–Crippen MR) is 133 cm³/mol. The van der Waals surface area contributed by atoms with Crippen molar-refractivity contribution >= 4 is 34.5 Å². The molecular formula is C28H25O3P. The summed E-state index contributed by atoms with van der Waals surface area (Å²) in [7, 11) is 0. The molecule has 0 amide bonds. The molecule has 4 heteroatoms. The van der Waals surface area contributed by atoms with E-state index in [0.717, 1.165) is 15.9 Å². The van der Waals surface area contributed by atoms with Crippen LogP contribution in [0.2, 0.25) is 0 Å². The molecule has 4 aromatic carbocycles. The predicted octanol–water partition coefficient (Wildman–Crippen LogP) is 4.88. The molecule has 0 spiro atoms. The van der Waals surface area contributed by atoms with E-state index in [0.29, 0.717) is 5.56 Å². The standard InChI is InChI=1S/C28H25O3P/c1-23(29)22-32(25-16-8-3-9-17-25,26-18-10-4-11-19-26,27-20-12-5-13-21-27)31-28(30)24-14-6-2-7-15-24/h2-21H,22H2,1H3. The molecule has 32 heavy (non-hydrogen) atoms. The fourth-order valence-electron chi connectivity index (χ4n) is 4.38. The minimum atomic E-state index is -4.01. The van der Waals surface area contributed by atoms with E-state index in [2.05, 4.69) is 0 Å². The molecule has 4 rings (SSSR count). The summed E-state index contributed by atoms with van der Waals surface area (Å²) in [5.41, 5.74) is 0.452. The molecule has 0 atom stereocenters. The van der Waals surface area contributed by atoms with Crippen LogP contribution in [-0.2, 0) is 9.32 Å². The zero-order chi connectivity index (χ0) is 22.5. The van der Waals surface area contributed by atoms with Crippen LogP contribution < -0.4 is 15.9 Å². The van der Waals surface area contributed by atoms with Gasteiger partial charge in [0, 0.05) is 0 Å². The molecule has 160 valence electrons. The summed E-state index contributed by atoms with van der Waals surface area (Å²) in [5.74, 6) is -0.485. The van der Waals surface area contributed by atoms with Crippen molar-refractivity contribution in [3.8, 4) is 0 Å². The van der Waals surface area contributed by atoms with Crippen LogP contribution >= 0.6 is 6.83 Å². The first kappa shape index (κ1) is 21.7. The van der Waals surface area contributed by atoms with Crippen LogP contribution in [0.15, 0.2) is 121 Å². The molecule has 0 bridgehead atoms. The van der Waals surface area contributed by atoms with Crippen LogP contribution in [0, 0.1) is 0 Å². The van der Waals surface area contributed by atoms with Crippen molar-refractivity contribution in [3.05, 3.63) is 127 Å². The number of benzene rings is 4. The van der Waals surface area contributed by atoms with Crippen molar-refractivity contribution in [1.29, 1.82) is 0 Å². The summed E-state index contributed by atoms with van der Waals surface area (Å²) < 4.78 is 6.75. The fraction of sp³-hybridized carbons (Fsp3) is 0.0714. The molecular weight excluding hydrogens is 415 g/mol. The van der Waals surface area contributed by atoms with Crippen LogP contribution in [-0.4, -0.2) is 17.9 Å². The van der Waals surface area contributed by atoms with Gasteiger partial charge in [-0.1, -0.05) is 0 Å². The first-order valence-electron chi connectivity index (χ1n) is 10.5. The molecule has 0 heterocycles. The van der Waals surface area contributed by atoms with Crippen molar-refractivity contribution in [1.82, 2.24) is 0 Å². The van der Waals surface area contributed by atoms with Gasteiger partial charge < -0.3 is 0 Å². The maximum absolute atomic E-state index is 13.7. The molecule has 0 N–H and O–H groups in total. The number of carbonyl (C=O) groups is 2. The molecule has 0 aromatic heterocycles. The summed E-state index contributed by atoms with van der Waals surface area (Å²) >= 11 is 0. The van der Waals surface area contributed by atoms with E-state index in [4.69, 9.17) is 4.52 Å². The van der Waals surface area contributed by atoms with Gasteiger partial charge in [0.1, 0.15) is 0 Å². The average molecular weight is 440 g/mol. The molecule has 0 aliphatic rings. The summed E-state index contributed by atoms with van der Waals surface area (Å²) in [6.45, 7) is -2.44. The Bertz CT molecular complexity index is 1110. The van der Waals surface area contributed by atoms with E-state index < -0.39 is 12.8 Å². The van der Waals surface area contributed by atoms with Gasteiger partial charge in [-0.2, -0.15) is 0 Å². The topological polar surface area (TPSA) is 43.4 Å². The van der Waals surface area contributed by atoms with Gasteiger partial charge in [-0.05, 0) is 0 Å². The van der Waals surface area contributed by atoms with Gasteiger partial charge in [-0.15, -0.1) is 0 Å². The van der Waals surface area contributed by atoms with Crippen molar-refractivity contribution in [3.63, 3.8) is 0 Å². The van der Waals surface area contributed by atoms with E-state index in [-0.39, 0.29) is 11.9 Å². The van der Waals surface area contributed by atoms with Crippen LogP contribution in [0.5, 0.6) is 0 Å². The van der Waals surface area contributed by atoms with Gasteiger partial charge in [0.15, 0.2) is 0 Å². The van der Waals surface area contributed by atoms with Gasteiger partial charge in [-0.3, -0.25) is 0 Å². The fourth-order valence-corrected chi connectivity index (χ4v) is 9.93. The summed E-state index contributed by atoms with van der Waals surface area (Å²) in [5, 5.41) is 2.53. The Balaban J connectivity index is 2.14. The number of Topliss-reactive ketones (excluding diaryl/α,β-unsaturated/α-hetero) is 1. The second-order valence-corrected chi connectivity index (χ2v) is 12.3. The Morgan fingerprint density at radius 1 is 0.594 bits per heavy atom. The van der Waals surface area contributed by atoms with Gasteiger partial charge >= 0.3 is 189 Å². The molecule has 4 aromatic rings. The number of rotatable bonds is 7. The molecule has 0 unspecified atom stereocenters. The Morgan fingerprint density at radius 3 is 1.28 bits per heavy atom. The second kappa shape index (κ2) is 8.90. The summed E-state index contributed by atoms with van der Waals surface area (Å²) in [6.07, 6.45) is 0.0855. The molecule has 0 aliphatic carbocycles. The number of hydrogen-bond donors (Lipinski definition) is 0. The second-order valence-electron chi connectivity index (χ2n) is 7.82. The van der Waals surface area contributed by atoms with Crippen molar-refractivity contribution in [2.45, 2.75) is 6.92 Å². The molecule has 0 saturated carbocycles. The van der Waals surface area contributed by atoms with Crippen molar-refractivity contribution in [2.75, 3.05) is 6.16 Å². The SMILES string of the molecule is CC(=O)CP(OC(=O)c1ccccc1)(c1ccccc1)(c1ccccc1)c1ccccc1. The molecule has 0 radical (unpaired) electrons. The Labute approximate surface area is 188 Å². The monoisotopic (exact) mass is 440 g/mol. The Morgan fingerprint density at radius 2 is 0.938 bits per heavy atom. The van der Waals surface area contributed by atoms with E-state index in [1.54, 1.807) is 19.1 Å². The zero-order valence-corrected chi connectivity index (χ0v) is 18.8. The average Bonchev–Trinajstić information content (AvgIpc) is 2.85. The zero-order valence-electron chi connectivity index (χ0n) is 17.9. The van der Waals surface area contributed by atoms with Crippen LogP contribution in [0.3, 0.4) is 0 Å². The third-order valence-electron chi connectivity index (χ3n) is 5.73. The van der Waals surface area contributed by atoms with Gasteiger partial charge in [0.25, 0.3) is 0 Å². The number of ketones is 1. The van der Waals surface area contributed by atoms with Crippen LogP contribution in [0.25, 0.3) is 0 Å². The molecule has 0 fully saturated rings. The first-order valence-corrected chi connectivity index (χ1v) is 12.9. The Kier molecular flexibility index (Phi) is 6.03.